The minimum atomic E-state index is -0.203. The average Bonchev–Trinajstić information content (AvgIpc) is 2.66. The average molecular weight is 268 g/mol. The summed E-state index contributed by atoms with van der Waals surface area (Å²) in [7, 11) is 1.81. The molecule has 0 fully saturated rings. The van der Waals surface area contributed by atoms with E-state index in [0.717, 1.165) is 11.3 Å². The fourth-order valence-corrected chi connectivity index (χ4v) is 2.11. The Morgan fingerprint density at radius 3 is 2.60 bits per heavy atom. The van der Waals surface area contributed by atoms with Gasteiger partial charge in [0.05, 0.1) is 22.9 Å². The molecule has 1 heterocycles. The summed E-state index contributed by atoms with van der Waals surface area (Å²) in [5, 5.41) is 16.0. The van der Waals surface area contributed by atoms with E-state index in [-0.39, 0.29) is 5.91 Å². The van der Waals surface area contributed by atoms with Gasteiger partial charge in [0, 0.05) is 18.4 Å². The zero-order valence-corrected chi connectivity index (χ0v) is 12.0. The van der Waals surface area contributed by atoms with Crippen LogP contribution in [0.3, 0.4) is 0 Å². The molecule has 2 aromatic rings. The third-order valence-electron chi connectivity index (χ3n) is 3.35. The van der Waals surface area contributed by atoms with E-state index in [1.54, 1.807) is 30.8 Å². The SMILES string of the molecule is Cc1ccc(C#N)cc1NC(=O)c1c(C)nn(C)c1C. The molecule has 0 unspecified atom stereocenters. The van der Waals surface area contributed by atoms with Gasteiger partial charge in [-0.3, -0.25) is 9.48 Å². The van der Waals surface area contributed by atoms with Crippen LogP contribution in [-0.4, -0.2) is 15.7 Å². The fourth-order valence-electron chi connectivity index (χ4n) is 2.11. The second-order valence-electron chi connectivity index (χ2n) is 4.77. The van der Waals surface area contributed by atoms with Gasteiger partial charge >= 0.3 is 0 Å². The van der Waals surface area contributed by atoms with Gasteiger partial charge in [-0.05, 0) is 38.5 Å². The Morgan fingerprint density at radius 2 is 2.05 bits per heavy atom. The highest BCUT2D eigenvalue weighted by atomic mass is 16.1. The highest BCUT2D eigenvalue weighted by Crippen LogP contribution is 2.19. The molecule has 0 aliphatic heterocycles. The van der Waals surface area contributed by atoms with Crippen molar-refractivity contribution < 1.29 is 4.79 Å². The zero-order chi connectivity index (χ0) is 14.9. The summed E-state index contributed by atoms with van der Waals surface area (Å²) < 4.78 is 1.68. The third-order valence-corrected chi connectivity index (χ3v) is 3.35. The van der Waals surface area contributed by atoms with Crippen LogP contribution in [0.25, 0.3) is 0 Å². The number of carbonyl (C=O) groups excluding carboxylic acids is 1. The molecule has 0 saturated carbocycles. The van der Waals surface area contributed by atoms with Crippen LogP contribution < -0.4 is 5.32 Å². The molecule has 5 nitrogen and oxygen atoms in total. The maximum absolute atomic E-state index is 12.4. The minimum absolute atomic E-state index is 0.203. The third kappa shape index (κ3) is 2.41. The van der Waals surface area contributed by atoms with E-state index in [1.165, 1.54) is 0 Å². The normalized spacial score (nSPS) is 10.2. The summed E-state index contributed by atoms with van der Waals surface area (Å²) in [6.45, 7) is 5.55. The molecule has 1 aromatic carbocycles. The number of aromatic nitrogens is 2. The van der Waals surface area contributed by atoms with E-state index in [0.29, 0.717) is 22.5 Å². The summed E-state index contributed by atoms with van der Waals surface area (Å²) in [6, 6.07) is 7.29. The maximum atomic E-state index is 12.4. The molecule has 0 aliphatic carbocycles. The quantitative estimate of drug-likeness (QED) is 0.909. The molecule has 1 N–H and O–H groups in total. The lowest BCUT2D eigenvalue weighted by molar-refractivity contribution is 0.102. The van der Waals surface area contributed by atoms with Crippen molar-refractivity contribution in [1.82, 2.24) is 9.78 Å². The Morgan fingerprint density at radius 1 is 1.35 bits per heavy atom. The van der Waals surface area contributed by atoms with Gasteiger partial charge in [0.2, 0.25) is 0 Å². The molecular weight excluding hydrogens is 252 g/mol. The summed E-state index contributed by atoms with van der Waals surface area (Å²) in [5.74, 6) is -0.203. The summed E-state index contributed by atoms with van der Waals surface area (Å²) in [4.78, 5) is 12.4. The fraction of sp³-hybridized carbons (Fsp3) is 0.267. The molecule has 2 rings (SSSR count). The van der Waals surface area contributed by atoms with Gasteiger partial charge < -0.3 is 5.32 Å². The number of anilines is 1. The van der Waals surface area contributed by atoms with Crippen molar-refractivity contribution >= 4 is 11.6 Å². The number of benzene rings is 1. The lowest BCUT2D eigenvalue weighted by atomic mass is 10.1. The monoisotopic (exact) mass is 268 g/mol. The van der Waals surface area contributed by atoms with E-state index < -0.39 is 0 Å². The van der Waals surface area contributed by atoms with Crippen LogP contribution in [0.1, 0.15) is 32.9 Å². The van der Waals surface area contributed by atoms with Crippen LogP contribution in [0.5, 0.6) is 0 Å². The first-order valence-corrected chi connectivity index (χ1v) is 6.26. The first-order valence-electron chi connectivity index (χ1n) is 6.26. The highest BCUT2D eigenvalue weighted by Gasteiger charge is 2.18. The first kappa shape index (κ1) is 13.8. The maximum Gasteiger partial charge on any atom is 0.259 e. The Labute approximate surface area is 117 Å². The zero-order valence-electron chi connectivity index (χ0n) is 12.0. The molecule has 0 atom stereocenters. The smallest absolute Gasteiger partial charge is 0.259 e. The number of aryl methyl sites for hydroxylation is 3. The van der Waals surface area contributed by atoms with E-state index in [4.69, 9.17) is 5.26 Å². The van der Waals surface area contributed by atoms with E-state index >= 15 is 0 Å². The molecule has 1 aromatic heterocycles. The number of hydrogen-bond acceptors (Lipinski definition) is 3. The number of nitrogens with one attached hydrogen (secondary N) is 1. The van der Waals surface area contributed by atoms with Gasteiger partial charge in [-0.15, -0.1) is 0 Å². The van der Waals surface area contributed by atoms with Gasteiger partial charge in [-0.1, -0.05) is 6.07 Å². The lowest BCUT2D eigenvalue weighted by Crippen LogP contribution is -2.15. The van der Waals surface area contributed by atoms with Crippen molar-refractivity contribution in [3.8, 4) is 6.07 Å². The van der Waals surface area contributed by atoms with Gasteiger partial charge in [-0.25, -0.2) is 0 Å². The van der Waals surface area contributed by atoms with Crippen molar-refractivity contribution in [3.63, 3.8) is 0 Å². The van der Waals surface area contributed by atoms with Crippen LogP contribution in [0, 0.1) is 32.1 Å². The molecule has 0 saturated heterocycles. The standard InChI is InChI=1S/C15H16N4O/c1-9-5-6-12(8-16)7-13(9)17-15(20)14-10(2)18-19(4)11(14)3/h5-7H,1-4H3,(H,17,20). The van der Waals surface area contributed by atoms with Crippen molar-refractivity contribution in [2.45, 2.75) is 20.8 Å². The number of hydrogen-bond donors (Lipinski definition) is 1. The van der Waals surface area contributed by atoms with Crippen molar-refractivity contribution in [2.24, 2.45) is 7.05 Å². The molecule has 5 heteroatoms. The van der Waals surface area contributed by atoms with Crippen molar-refractivity contribution in [3.05, 3.63) is 46.3 Å². The van der Waals surface area contributed by atoms with Crippen molar-refractivity contribution in [1.29, 1.82) is 5.26 Å². The van der Waals surface area contributed by atoms with Gasteiger partial charge in [0.15, 0.2) is 0 Å². The molecule has 0 radical (unpaired) electrons. The second kappa shape index (κ2) is 5.17. The molecular formula is C15H16N4O. The Balaban J connectivity index is 2.35. The van der Waals surface area contributed by atoms with Crippen LogP contribution in [0.4, 0.5) is 5.69 Å². The first-order chi connectivity index (χ1) is 9.43. The second-order valence-corrected chi connectivity index (χ2v) is 4.77. The number of nitriles is 1. The van der Waals surface area contributed by atoms with Crippen LogP contribution in [0.2, 0.25) is 0 Å². The summed E-state index contributed by atoms with van der Waals surface area (Å²) in [6.07, 6.45) is 0. The number of carbonyl (C=O) groups is 1. The summed E-state index contributed by atoms with van der Waals surface area (Å²) >= 11 is 0. The Bertz CT molecular complexity index is 722. The summed E-state index contributed by atoms with van der Waals surface area (Å²) in [5.41, 5.74) is 4.17. The lowest BCUT2D eigenvalue weighted by Gasteiger charge is -2.09. The predicted octanol–water partition coefficient (Wildman–Crippen LogP) is 2.47. The predicted molar refractivity (Wildman–Crippen MR) is 76.5 cm³/mol. The van der Waals surface area contributed by atoms with Crippen LogP contribution in [-0.2, 0) is 7.05 Å². The Hall–Kier alpha value is -2.61. The Kier molecular flexibility index (Phi) is 3.57. The van der Waals surface area contributed by atoms with Gasteiger partial charge in [-0.2, -0.15) is 10.4 Å². The number of amides is 1. The van der Waals surface area contributed by atoms with E-state index in [1.807, 2.05) is 19.9 Å². The molecule has 0 spiro atoms. The molecule has 1 amide bonds. The van der Waals surface area contributed by atoms with Crippen LogP contribution in [0.15, 0.2) is 18.2 Å². The van der Waals surface area contributed by atoms with E-state index in [9.17, 15) is 4.79 Å². The molecule has 20 heavy (non-hydrogen) atoms. The van der Waals surface area contributed by atoms with Crippen LogP contribution >= 0.6 is 0 Å². The molecule has 0 bridgehead atoms. The molecule has 0 aliphatic rings. The number of nitrogens with zero attached hydrogens (tertiary/aromatic N) is 3. The van der Waals surface area contributed by atoms with Gasteiger partial charge in [0.25, 0.3) is 5.91 Å². The highest BCUT2D eigenvalue weighted by molar-refractivity contribution is 6.06. The van der Waals surface area contributed by atoms with Gasteiger partial charge in [0.1, 0.15) is 0 Å². The largest absolute Gasteiger partial charge is 0.322 e. The number of rotatable bonds is 2. The van der Waals surface area contributed by atoms with Crippen molar-refractivity contribution in [2.75, 3.05) is 5.32 Å². The van der Waals surface area contributed by atoms with E-state index in [2.05, 4.69) is 16.5 Å². The molecule has 102 valence electrons. The topological polar surface area (TPSA) is 70.7 Å². The minimum Gasteiger partial charge on any atom is -0.322 e.